The van der Waals surface area contributed by atoms with E-state index in [1.54, 1.807) is 24.4 Å². The van der Waals surface area contributed by atoms with Crippen LogP contribution < -0.4 is 0 Å². The molecule has 0 fully saturated rings. The zero-order chi connectivity index (χ0) is 10.2. The highest BCUT2D eigenvalue weighted by Crippen LogP contribution is 2.28. The van der Waals surface area contributed by atoms with Crippen LogP contribution in [0.2, 0.25) is 0 Å². The zero-order valence-electron chi connectivity index (χ0n) is 7.23. The third kappa shape index (κ3) is 1.87. The lowest BCUT2D eigenvalue weighted by molar-refractivity contribution is 0.0973. The van der Waals surface area contributed by atoms with Gasteiger partial charge in [-0.25, -0.2) is 0 Å². The zero-order valence-corrected chi connectivity index (χ0v) is 7.98. The predicted molar refractivity (Wildman–Crippen MR) is 52.8 cm³/mol. The van der Waals surface area contributed by atoms with Crippen molar-refractivity contribution in [1.29, 1.82) is 0 Å². The van der Waals surface area contributed by atoms with Crippen molar-refractivity contribution in [2.24, 2.45) is 0 Å². The lowest BCUT2D eigenvalue weighted by Crippen LogP contribution is -2.09. The summed E-state index contributed by atoms with van der Waals surface area (Å²) in [5.41, 5.74) is 1.41. The van der Waals surface area contributed by atoms with Gasteiger partial charge in [0.25, 0.3) is 0 Å². The highest BCUT2D eigenvalue weighted by Gasteiger charge is 2.25. The van der Waals surface area contributed by atoms with Gasteiger partial charge in [-0.15, -0.1) is 0 Å². The number of rotatable bonds is 2. The van der Waals surface area contributed by atoms with Gasteiger partial charge in [0.2, 0.25) is 0 Å². The molecule has 2 aromatic rings. The number of aromatic nitrogens is 1. The third-order valence-corrected chi connectivity index (χ3v) is 2.21. The summed E-state index contributed by atoms with van der Waals surface area (Å²) >= 11 is 4.89. The number of benzene rings is 1. The topological polar surface area (TPSA) is 15.8 Å². The summed E-state index contributed by atoms with van der Waals surface area (Å²) in [6.45, 7) is 0. The Morgan fingerprint density at radius 2 is 2.07 bits per heavy atom. The van der Waals surface area contributed by atoms with Crippen molar-refractivity contribution in [1.82, 2.24) is 4.98 Å². The first-order valence-electron chi connectivity index (χ1n) is 4.18. The minimum atomic E-state index is -3.18. The molecule has 0 radical (unpaired) electrons. The van der Waals surface area contributed by atoms with Crippen LogP contribution in [-0.4, -0.2) is 10.4 Å². The molecule has 0 bridgehead atoms. The van der Waals surface area contributed by atoms with Crippen LogP contribution in [0.1, 0.15) is 5.56 Å². The quantitative estimate of drug-likeness (QED) is 0.738. The highest BCUT2D eigenvalue weighted by atomic mass is 35.5. The van der Waals surface area contributed by atoms with Crippen molar-refractivity contribution in [2.45, 2.75) is 11.8 Å². The maximum Gasteiger partial charge on any atom is 0.325 e. The van der Waals surface area contributed by atoms with Crippen LogP contribution in [0.25, 0.3) is 10.9 Å². The molecule has 1 aromatic carbocycles. The van der Waals surface area contributed by atoms with E-state index in [1.165, 1.54) is 0 Å². The molecule has 0 spiro atoms. The fourth-order valence-corrected chi connectivity index (χ4v) is 1.66. The van der Waals surface area contributed by atoms with Crippen LogP contribution in [0.15, 0.2) is 30.5 Å². The molecule has 0 aliphatic carbocycles. The lowest BCUT2D eigenvalue weighted by atomic mass is 10.1. The number of fused-ring (bicyclic) bond motifs is 1. The maximum absolute atomic E-state index is 12.6. The van der Waals surface area contributed by atoms with E-state index < -0.39 is 11.8 Å². The van der Waals surface area contributed by atoms with E-state index >= 15 is 0 Å². The Morgan fingerprint density at radius 3 is 2.79 bits per heavy atom. The van der Waals surface area contributed by atoms with Gasteiger partial charge in [-0.1, -0.05) is 12.1 Å². The smallest absolute Gasteiger partial charge is 0.325 e. The van der Waals surface area contributed by atoms with Gasteiger partial charge in [0.15, 0.2) is 0 Å². The average Bonchev–Trinajstić information content (AvgIpc) is 2.49. The summed E-state index contributed by atoms with van der Waals surface area (Å²) in [5, 5.41) is -2.38. The fourth-order valence-electron chi connectivity index (χ4n) is 1.52. The molecule has 74 valence electrons. The Labute approximate surface area is 84.7 Å². The first-order valence-corrected chi connectivity index (χ1v) is 4.56. The van der Waals surface area contributed by atoms with Gasteiger partial charge in [0.05, 0.1) is 6.42 Å². The number of aromatic amines is 1. The standard InChI is InChI=1S/C10H8ClF2N/c11-10(12,13)6-7-2-1-3-9-8(7)4-5-14-9/h1-5,14H,6H2. The van der Waals surface area contributed by atoms with Gasteiger partial charge in [-0.05, 0) is 29.3 Å². The second kappa shape index (κ2) is 3.24. The molecule has 0 saturated heterocycles. The first-order chi connectivity index (χ1) is 6.56. The van der Waals surface area contributed by atoms with E-state index in [9.17, 15) is 8.78 Å². The van der Waals surface area contributed by atoms with Gasteiger partial charge in [0, 0.05) is 17.1 Å². The summed E-state index contributed by atoms with van der Waals surface area (Å²) in [7, 11) is 0. The Balaban J connectivity index is 2.46. The predicted octanol–water partition coefficient (Wildman–Crippen LogP) is 3.54. The number of hydrogen-bond acceptors (Lipinski definition) is 0. The molecule has 0 unspecified atom stereocenters. The van der Waals surface area contributed by atoms with Gasteiger partial charge in [0.1, 0.15) is 0 Å². The number of H-pyrrole nitrogens is 1. The van der Waals surface area contributed by atoms with Crippen molar-refractivity contribution >= 4 is 22.5 Å². The first kappa shape index (κ1) is 9.46. The van der Waals surface area contributed by atoms with E-state index in [4.69, 9.17) is 11.6 Å². The molecule has 1 aromatic heterocycles. The van der Waals surface area contributed by atoms with E-state index in [2.05, 4.69) is 4.98 Å². The molecule has 2 rings (SSSR count). The monoisotopic (exact) mass is 215 g/mol. The van der Waals surface area contributed by atoms with Crippen LogP contribution in [-0.2, 0) is 6.42 Å². The number of halogens is 3. The van der Waals surface area contributed by atoms with Gasteiger partial charge in [-0.3, -0.25) is 0 Å². The molecule has 0 saturated carbocycles. The second-order valence-electron chi connectivity index (χ2n) is 3.15. The molecule has 4 heteroatoms. The summed E-state index contributed by atoms with van der Waals surface area (Å²) in [5.74, 6) is 0. The molecular formula is C10H8ClF2N. The van der Waals surface area contributed by atoms with E-state index in [0.717, 1.165) is 10.9 Å². The van der Waals surface area contributed by atoms with Crippen LogP contribution in [0.3, 0.4) is 0 Å². The molecule has 1 heterocycles. The maximum atomic E-state index is 12.6. The summed E-state index contributed by atoms with van der Waals surface area (Å²) < 4.78 is 25.2. The van der Waals surface area contributed by atoms with E-state index in [-0.39, 0.29) is 0 Å². The molecule has 0 aliphatic heterocycles. The Morgan fingerprint density at radius 1 is 1.29 bits per heavy atom. The molecule has 1 nitrogen and oxygen atoms in total. The largest absolute Gasteiger partial charge is 0.361 e. The Hall–Kier alpha value is -1.09. The van der Waals surface area contributed by atoms with E-state index in [1.807, 2.05) is 6.07 Å². The Kier molecular flexibility index (Phi) is 2.19. The molecule has 0 aliphatic rings. The highest BCUT2D eigenvalue weighted by molar-refractivity contribution is 6.21. The van der Waals surface area contributed by atoms with Crippen LogP contribution in [0.5, 0.6) is 0 Å². The van der Waals surface area contributed by atoms with Gasteiger partial charge >= 0.3 is 5.38 Å². The van der Waals surface area contributed by atoms with Crippen molar-refractivity contribution in [2.75, 3.05) is 0 Å². The van der Waals surface area contributed by atoms with Crippen LogP contribution >= 0.6 is 11.6 Å². The fraction of sp³-hybridized carbons (Fsp3) is 0.200. The van der Waals surface area contributed by atoms with E-state index in [0.29, 0.717) is 5.56 Å². The average molecular weight is 216 g/mol. The minimum Gasteiger partial charge on any atom is -0.361 e. The van der Waals surface area contributed by atoms with Gasteiger partial charge < -0.3 is 4.98 Å². The minimum absolute atomic E-state index is 0.441. The van der Waals surface area contributed by atoms with Crippen LogP contribution in [0, 0.1) is 0 Å². The number of hydrogen-bond donors (Lipinski definition) is 1. The van der Waals surface area contributed by atoms with Gasteiger partial charge in [-0.2, -0.15) is 8.78 Å². The summed E-state index contributed by atoms with van der Waals surface area (Å²) in [4.78, 5) is 2.96. The number of nitrogens with one attached hydrogen (secondary N) is 1. The molecule has 14 heavy (non-hydrogen) atoms. The Bertz CT molecular complexity index is 445. The molecule has 0 amide bonds. The van der Waals surface area contributed by atoms with Crippen molar-refractivity contribution < 1.29 is 8.78 Å². The third-order valence-electron chi connectivity index (χ3n) is 2.08. The normalized spacial score (nSPS) is 12.2. The SMILES string of the molecule is FC(F)(Cl)Cc1cccc2[nH]ccc12. The lowest BCUT2D eigenvalue weighted by Gasteiger charge is -2.08. The molecule has 0 atom stereocenters. The second-order valence-corrected chi connectivity index (χ2v) is 3.70. The summed E-state index contributed by atoms with van der Waals surface area (Å²) in [6, 6.07) is 7.00. The van der Waals surface area contributed by atoms with Crippen molar-refractivity contribution in [3.05, 3.63) is 36.0 Å². The van der Waals surface area contributed by atoms with Crippen LogP contribution in [0.4, 0.5) is 8.78 Å². The molecular weight excluding hydrogens is 208 g/mol. The summed E-state index contributed by atoms with van der Waals surface area (Å²) in [6.07, 6.45) is 1.28. The molecule has 1 N–H and O–H groups in total. The van der Waals surface area contributed by atoms with Crippen molar-refractivity contribution in [3.63, 3.8) is 0 Å². The number of alkyl halides is 3. The van der Waals surface area contributed by atoms with Crippen molar-refractivity contribution in [3.8, 4) is 0 Å².